The highest BCUT2D eigenvalue weighted by Gasteiger charge is 2.19. The molecule has 0 saturated heterocycles. The average molecular weight is 278 g/mol. The van der Waals surface area contributed by atoms with E-state index in [1.807, 2.05) is 17.5 Å². The quantitative estimate of drug-likeness (QED) is 0.672. The number of hydrogen-bond donors (Lipinski definition) is 1. The molecule has 1 N–H and O–H groups in total. The van der Waals surface area contributed by atoms with E-state index in [-0.39, 0.29) is 5.69 Å². The van der Waals surface area contributed by atoms with Crippen molar-refractivity contribution >= 4 is 28.7 Å². The van der Waals surface area contributed by atoms with Crippen LogP contribution in [-0.2, 0) is 6.54 Å². The van der Waals surface area contributed by atoms with Crippen molar-refractivity contribution in [1.29, 1.82) is 0 Å². The number of thiophene rings is 1. The van der Waals surface area contributed by atoms with Crippen LogP contribution in [0.4, 0.5) is 17.3 Å². The van der Waals surface area contributed by atoms with Gasteiger partial charge in [0.05, 0.1) is 11.5 Å². The zero-order valence-electron chi connectivity index (χ0n) is 10.7. The molecule has 2 heterocycles. The van der Waals surface area contributed by atoms with Crippen molar-refractivity contribution < 1.29 is 4.92 Å². The van der Waals surface area contributed by atoms with Crippen LogP contribution in [0.5, 0.6) is 0 Å². The lowest BCUT2D eigenvalue weighted by Gasteiger charge is -2.17. The van der Waals surface area contributed by atoms with Crippen molar-refractivity contribution in [3.8, 4) is 0 Å². The van der Waals surface area contributed by atoms with Crippen molar-refractivity contribution in [2.45, 2.75) is 6.54 Å². The summed E-state index contributed by atoms with van der Waals surface area (Å²) >= 11 is 1.62. The molecule has 7 heteroatoms. The number of nitrogens with zero attached hydrogens (tertiary/aromatic N) is 3. The SMILES string of the molecule is CNc1ccc([N+](=O)[O-])c(N(C)Cc2cccs2)n1. The second-order valence-electron chi connectivity index (χ2n) is 3.98. The Morgan fingerprint density at radius 1 is 1.47 bits per heavy atom. The topological polar surface area (TPSA) is 71.3 Å². The number of pyridine rings is 1. The smallest absolute Gasteiger partial charge is 0.311 e. The summed E-state index contributed by atoms with van der Waals surface area (Å²) < 4.78 is 0. The zero-order valence-corrected chi connectivity index (χ0v) is 11.5. The van der Waals surface area contributed by atoms with E-state index in [2.05, 4.69) is 10.3 Å². The number of hydrogen-bond acceptors (Lipinski definition) is 6. The number of rotatable bonds is 5. The fraction of sp³-hybridized carbons (Fsp3) is 0.250. The highest BCUT2D eigenvalue weighted by molar-refractivity contribution is 7.09. The Hall–Kier alpha value is -2.15. The summed E-state index contributed by atoms with van der Waals surface area (Å²) in [5, 5.41) is 15.9. The van der Waals surface area contributed by atoms with E-state index in [9.17, 15) is 10.1 Å². The average Bonchev–Trinajstić information content (AvgIpc) is 2.90. The van der Waals surface area contributed by atoms with E-state index in [1.165, 1.54) is 6.07 Å². The lowest BCUT2D eigenvalue weighted by Crippen LogP contribution is -2.19. The molecule has 0 fully saturated rings. The largest absolute Gasteiger partial charge is 0.373 e. The van der Waals surface area contributed by atoms with E-state index in [1.54, 1.807) is 36.4 Å². The first-order chi connectivity index (χ1) is 9.11. The molecule has 0 atom stereocenters. The fourth-order valence-corrected chi connectivity index (χ4v) is 2.47. The van der Waals surface area contributed by atoms with Gasteiger partial charge in [-0.05, 0) is 17.5 Å². The molecular weight excluding hydrogens is 264 g/mol. The molecule has 0 saturated carbocycles. The molecular formula is C12H14N4O2S. The van der Waals surface area contributed by atoms with Gasteiger partial charge < -0.3 is 10.2 Å². The van der Waals surface area contributed by atoms with Gasteiger partial charge in [-0.2, -0.15) is 0 Å². The van der Waals surface area contributed by atoms with Crippen molar-refractivity contribution in [3.63, 3.8) is 0 Å². The van der Waals surface area contributed by atoms with Crippen LogP contribution in [0.1, 0.15) is 4.88 Å². The summed E-state index contributed by atoms with van der Waals surface area (Å²) in [7, 11) is 3.53. The maximum absolute atomic E-state index is 11.0. The van der Waals surface area contributed by atoms with Crippen LogP contribution in [0.25, 0.3) is 0 Å². The Labute approximate surface area is 114 Å². The molecule has 0 aliphatic heterocycles. The van der Waals surface area contributed by atoms with Gasteiger partial charge in [-0.1, -0.05) is 6.07 Å². The molecule has 0 spiro atoms. The Balaban J connectivity index is 2.32. The van der Waals surface area contributed by atoms with Gasteiger partial charge in [0.1, 0.15) is 5.82 Å². The standard InChI is InChI=1S/C12H14N4O2S/c1-13-11-6-5-10(16(17)18)12(14-11)15(2)8-9-4-3-7-19-9/h3-7H,8H2,1-2H3,(H,13,14). The third kappa shape index (κ3) is 3.00. The number of anilines is 2. The molecule has 0 bridgehead atoms. The van der Waals surface area contributed by atoms with Crippen LogP contribution in [0, 0.1) is 10.1 Å². The molecule has 2 aromatic heterocycles. The van der Waals surface area contributed by atoms with Crippen molar-refractivity contribution in [2.75, 3.05) is 24.3 Å². The van der Waals surface area contributed by atoms with E-state index in [0.29, 0.717) is 18.2 Å². The number of nitro groups is 1. The highest BCUT2D eigenvalue weighted by atomic mass is 32.1. The predicted octanol–water partition coefficient (Wildman–Crippen LogP) is 2.73. The maximum Gasteiger partial charge on any atom is 0.311 e. The van der Waals surface area contributed by atoms with Gasteiger partial charge in [-0.25, -0.2) is 4.98 Å². The Morgan fingerprint density at radius 2 is 2.26 bits per heavy atom. The van der Waals surface area contributed by atoms with Crippen LogP contribution < -0.4 is 10.2 Å². The molecule has 0 aromatic carbocycles. The van der Waals surface area contributed by atoms with Crippen LogP contribution in [0.3, 0.4) is 0 Å². The van der Waals surface area contributed by atoms with Gasteiger partial charge >= 0.3 is 5.69 Å². The number of aromatic nitrogens is 1. The van der Waals surface area contributed by atoms with Gasteiger partial charge in [0, 0.05) is 25.0 Å². The Morgan fingerprint density at radius 3 is 2.84 bits per heavy atom. The normalized spacial score (nSPS) is 10.2. The minimum absolute atomic E-state index is 0.0121. The van der Waals surface area contributed by atoms with E-state index in [0.717, 1.165) is 4.88 Å². The number of nitrogens with one attached hydrogen (secondary N) is 1. The van der Waals surface area contributed by atoms with E-state index >= 15 is 0 Å². The minimum atomic E-state index is -0.410. The van der Waals surface area contributed by atoms with Crippen LogP contribution in [0.2, 0.25) is 0 Å². The zero-order chi connectivity index (χ0) is 13.8. The Bertz CT molecular complexity index is 571. The minimum Gasteiger partial charge on any atom is -0.373 e. The first kappa shape index (κ1) is 13.3. The highest BCUT2D eigenvalue weighted by Crippen LogP contribution is 2.28. The first-order valence-corrected chi connectivity index (χ1v) is 6.56. The third-order valence-electron chi connectivity index (χ3n) is 2.64. The van der Waals surface area contributed by atoms with Crippen LogP contribution in [0.15, 0.2) is 29.6 Å². The first-order valence-electron chi connectivity index (χ1n) is 5.68. The molecule has 0 amide bonds. The van der Waals surface area contributed by atoms with Gasteiger partial charge in [-0.15, -0.1) is 11.3 Å². The van der Waals surface area contributed by atoms with Crippen molar-refractivity contribution in [2.24, 2.45) is 0 Å². The summed E-state index contributed by atoms with van der Waals surface area (Å²) in [5.74, 6) is 0.976. The Kier molecular flexibility index (Phi) is 3.96. The molecule has 0 aliphatic carbocycles. The van der Waals surface area contributed by atoms with Crippen LogP contribution in [-0.4, -0.2) is 24.0 Å². The fourth-order valence-electron chi connectivity index (χ4n) is 1.71. The summed E-state index contributed by atoms with van der Waals surface area (Å²) in [5.41, 5.74) is 0.0121. The second kappa shape index (κ2) is 5.66. The van der Waals surface area contributed by atoms with Gasteiger partial charge in [-0.3, -0.25) is 10.1 Å². The molecule has 19 heavy (non-hydrogen) atoms. The van der Waals surface area contributed by atoms with E-state index in [4.69, 9.17) is 0 Å². The molecule has 6 nitrogen and oxygen atoms in total. The monoisotopic (exact) mass is 278 g/mol. The summed E-state index contributed by atoms with van der Waals surface area (Å²) in [6.07, 6.45) is 0. The van der Waals surface area contributed by atoms with Crippen LogP contribution >= 0.6 is 11.3 Å². The lowest BCUT2D eigenvalue weighted by molar-refractivity contribution is -0.384. The van der Waals surface area contributed by atoms with Crippen molar-refractivity contribution in [3.05, 3.63) is 44.6 Å². The summed E-state index contributed by atoms with van der Waals surface area (Å²) in [6.45, 7) is 0.596. The molecule has 0 unspecified atom stereocenters. The summed E-state index contributed by atoms with van der Waals surface area (Å²) in [4.78, 5) is 17.8. The molecule has 2 aromatic rings. The van der Waals surface area contributed by atoms with Gasteiger partial charge in [0.25, 0.3) is 0 Å². The third-order valence-corrected chi connectivity index (χ3v) is 3.50. The molecule has 100 valence electrons. The van der Waals surface area contributed by atoms with Gasteiger partial charge in [0.2, 0.25) is 5.82 Å². The maximum atomic E-state index is 11.0. The second-order valence-corrected chi connectivity index (χ2v) is 5.01. The van der Waals surface area contributed by atoms with Gasteiger partial charge in [0.15, 0.2) is 0 Å². The molecule has 0 radical (unpaired) electrons. The molecule has 0 aliphatic rings. The molecule has 2 rings (SSSR count). The van der Waals surface area contributed by atoms with E-state index < -0.39 is 4.92 Å². The summed E-state index contributed by atoms with van der Waals surface area (Å²) in [6, 6.07) is 7.02. The van der Waals surface area contributed by atoms with Crippen molar-refractivity contribution in [1.82, 2.24) is 4.98 Å². The lowest BCUT2D eigenvalue weighted by atomic mass is 10.3. The predicted molar refractivity (Wildman–Crippen MR) is 76.9 cm³/mol.